The fourth-order valence-electron chi connectivity index (χ4n) is 2.37. The maximum Gasteiger partial charge on any atom is 0.226 e. The van der Waals surface area contributed by atoms with Crippen LogP contribution in [0, 0.1) is 0 Å². The molecule has 1 amide bonds. The van der Waals surface area contributed by atoms with E-state index in [1.165, 1.54) is 0 Å². The Morgan fingerprint density at radius 2 is 2.00 bits per heavy atom. The predicted molar refractivity (Wildman–Crippen MR) is 94.9 cm³/mol. The van der Waals surface area contributed by atoms with Gasteiger partial charge in [-0.05, 0) is 31.9 Å². The first-order chi connectivity index (χ1) is 11.2. The lowest BCUT2D eigenvalue weighted by atomic mass is 10.1. The molecule has 0 bridgehead atoms. The molecule has 23 heavy (non-hydrogen) atoms. The summed E-state index contributed by atoms with van der Waals surface area (Å²) in [6.45, 7) is 6.75. The highest BCUT2D eigenvalue weighted by molar-refractivity contribution is 7.13. The molecule has 1 N–H and O–H groups in total. The van der Waals surface area contributed by atoms with E-state index in [0.717, 1.165) is 34.9 Å². The Morgan fingerprint density at radius 3 is 2.70 bits per heavy atom. The number of aromatic nitrogens is 1. The van der Waals surface area contributed by atoms with Gasteiger partial charge in [0.2, 0.25) is 5.91 Å². The zero-order valence-electron chi connectivity index (χ0n) is 14.0. The van der Waals surface area contributed by atoms with E-state index in [4.69, 9.17) is 4.74 Å². The molecule has 0 fully saturated rings. The number of para-hydroxylation sites is 1. The van der Waals surface area contributed by atoms with E-state index in [-0.39, 0.29) is 11.9 Å². The molecule has 0 saturated heterocycles. The molecule has 0 unspecified atom stereocenters. The molecule has 2 aromatic rings. The number of amides is 1. The Balaban J connectivity index is 2.08. The number of nitrogens with zero attached hydrogens (tertiary/aromatic N) is 1. The smallest absolute Gasteiger partial charge is 0.226 e. The van der Waals surface area contributed by atoms with Crippen LogP contribution in [0.15, 0.2) is 29.6 Å². The summed E-state index contributed by atoms with van der Waals surface area (Å²) in [5.41, 5.74) is 1.78. The molecule has 0 aliphatic rings. The van der Waals surface area contributed by atoms with Gasteiger partial charge in [-0.2, -0.15) is 0 Å². The van der Waals surface area contributed by atoms with Gasteiger partial charge in [0.15, 0.2) is 0 Å². The minimum atomic E-state index is 0.0358. The average molecular weight is 332 g/mol. The molecule has 0 atom stereocenters. The molecule has 4 nitrogen and oxygen atoms in total. The lowest BCUT2D eigenvalue weighted by Crippen LogP contribution is -2.34. The summed E-state index contributed by atoms with van der Waals surface area (Å²) < 4.78 is 5.65. The highest BCUT2D eigenvalue weighted by Gasteiger charge is 2.13. The summed E-state index contributed by atoms with van der Waals surface area (Å²) in [6.07, 6.45) is 2.22. The van der Waals surface area contributed by atoms with Crippen molar-refractivity contribution in [2.24, 2.45) is 0 Å². The molecular weight excluding hydrogens is 308 g/mol. The highest BCUT2D eigenvalue weighted by atomic mass is 32.1. The van der Waals surface area contributed by atoms with Gasteiger partial charge >= 0.3 is 0 Å². The Morgan fingerprint density at radius 1 is 1.26 bits per heavy atom. The summed E-state index contributed by atoms with van der Waals surface area (Å²) in [4.78, 5) is 16.7. The Hall–Kier alpha value is -1.88. The lowest BCUT2D eigenvalue weighted by Gasteiger charge is -2.13. The van der Waals surface area contributed by atoms with Gasteiger partial charge in [-0.1, -0.05) is 26.0 Å². The predicted octanol–water partition coefficient (Wildman–Crippen LogP) is 4.06. The second-order valence-electron chi connectivity index (χ2n) is 5.33. The van der Waals surface area contributed by atoms with Crippen LogP contribution in [0.2, 0.25) is 0 Å². The second kappa shape index (κ2) is 8.67. The molecule has 0 spiro atoms. The first-order valence-corrected chi connectivity index (χ1v) is 9.01. The molecule has 2 rings (SSSR count). The van der Waals surface area contributed by atoms with Crippen LogP contribution in [0.3, 0.4) is 0 Å². The van der Waals surface area contributed by atoms with Crippen LogP contribution in [0.5, 0.6) is 5.75 Å². The molecule has 5 heteroatoms. The number of carbonyl (C=O) groups is 1. The zero-order valence-corrected chi connectivity index (χ0v) is 14.8. The third-order valence-electron chi connectivity index (χ3n) is 3.66. The Kier molecular flexibility index (Phi) is 6.59. The fourth-order valence-corrected chi connectivity index (χ4v) is 3.22. The van der Waals surface area contributed by atoms with Crippen molar-refractivity contribution in [3.05, 3.63) is 35.3 Å². The van der Waals surface area contributed by atoms with E-state index in [1.54, 1.807) is 11.3 Å². The van der Waals surface area contributed by atoms with E-state index < -0.39 is 0 Å². The van der Waals surface area contributed by atoms with Crippen LogP contribution < -0.4 is 10.1 Å². The molecule has 1 aromatic carbocycles. The number of hydrogen-bond acceptors (Lipinski definition) is 4. The highest BCUT2D eigenvalue weighted by Crippen LogP contribution is 2.32. The summed E-state index contributed by atoms with van der Waals surface area (Å²) in [7, 11) is 0. The van der Waals surface area contributed by atoms with Crippen LogP contribution in [0.25, 0.3) is 10.6 Å². The number of carbonyl (C=O) groups excluding carboxylic acids is 1. The molecule has 124 valence electrons. The van der Waals surface area contributed by atoms with Crippen LogP contribution in [0.1, 0.15) is 39.3 Å². The van der Waals surface area contributed by atoms with Crippen LogP contribution in [-0.2, 0) is 11.2 Å². The Bertz CT molecular complexity index is 635. The maximum atomic E-state index is 12.1. The number of nitrogens with one attached hydrogen (secondary N) is 1. The minimum Gasteiger partial charge on any atom is -0.493 e. The number of ether oxygens (including phenoxy) is 1. The number of hydrogen-bond donors (Lipinski definition) is 1. The Labute approximate surface area is 141 Å². The van der Waals surface area contributed by atoms with Gasteiger partial charge < -0.3 is 10.1 Å². The van der Waals surface area contributed by atoms with Crippen molar-refractivity contribution >= 4 is 17.2 Å². The topological polar surface area (TPSA) is 51.2 Å². The first kappa shape index (κ1) is 17.5. The van der Waals surface area contributed by atoms with Crippen LogP contribution in [0.4, 0.5) is 0 Å². The summed E-state index contributed by atoms with van der Waals surface area (Å²) >= 11 is 1.54. The minimum absolute atomic E-state index is 0.0358. The van der Waals surface area contributed by atoms with Crippen molar-refractivity contribution < 1.29 is 9.53 Å². The maximum absolute atomic E-state index is 12.1. The summed E-state index contributed by atoms with van der Waals surface area (Å²) in [5.74, 6) is 0.867. The zero-order chi connectivity index (χ0) is 16.7. The van der Waals surface area contributed by atoms with Gasteiger partial charge in [0.05, 0.1) is 24.3 Å². The van der Waals surface area contributed by atoms with Gasteiger partial charge in [0, 0.05) is 11.4 Å². The van der Waals surface area contributed by atoms with Crippen molar-refractivity contribution in [2.75, 3.05) is 6.61 Å². The standard InChI is InChI=1S/C18H24N2O2S/c1-4-13(5-2)19-17(21)11-14-12-23-18(20-14)15-9-7-8-10-16(15)22-6-3/h7-10,12-13H,4-6,11H2,1-3H3,(H,19,21). The van der Waals surface area contributed by atoms with E-state index in [2.05, 4.69) is 24.1 Å². The second-order valence-corrected chi connectivity index (χ2v) is 6.19. The monoisotopic (exact) mass is 332 g/mol. The SMILES string of the molecule is CCOc1ccccc1-c1nc(CC(=O)NC(CC)CC)cs1. The van der Waals surface area contributed by atoms with Crippen molar-refractivity contribution in [3.63, 3.8) is 0 Å². The van der Waals surface area contributed by atoms with Crippen molar-refractivity contribution in [2.45, 2.75) is 46.1 Å². The molecule has 0 radical (unpaired) electrons. The third kappa shape index (κ3) is 4.79. The van der Waals surface area contributed by atoms with Crippen LogP contribution >= 0.6 is 11.3 Å². The van der Waals surface area contributed by atoms with E-state index in [0.29, 0.717) is 13.0 Å². The van der Waals surface area contributed by atoms with Crippen LogP contribution in [-0.4, -0.2) is 23.5 Å². The molecule has 0 aliphatic carbocycles. The average Bonchev–Trinajstić information content (AvgIpc) is 3.01. The largest absolute Gasteiger partial charge is 0.493 e. The van der Waals surface area contributed by atoms with Gasteiger partial charge in [-0.3, -0.25) is 4.79 Å². The van der Waals surface area contributed by atoms with Crippen molar-refractivity contribution in [3.8, 4) is 16.3 Å². The molecular formula is C18H24N2O2S. The fraction of sp³-hybridized carbons (Fsp3) is 0.444. The van der Waals surface area contributed by atoms with Gasteiger partial charge in [0.25, 0.3) is 0 Å². The normalized spacial score (nSPS) is 10.8. The molecule has 0 aliphatic heterocycles. The number of thiazole rings is 1. The third-order valence-corrected chi connectivity index (χ3v) is 4.59. The quantitative estimate of drug-likeness (QED) is 0.793. The molecule has 1 aromatic heterocycles. The van der Waals surface area contributed by atoms with E-state index in [1.807, 2.05) is 36.6 Å². The van der Waals surface area contributed by atoms with Gasteiger partial charge in [-0.15, -0.1) is 11.3 Å². The van der Waals surface area contributed by atoms with Crippen molar-refractivity contribution in [1.82, 2.24) is 10.3 Å². The van der Waals surface area contributed by atoms with Gasteiger partial charge in [0.1, 0.15) is 10.8 Å². The number of benzene rings is 1. The summed E-state index contributed by atoms with van der Waals surface area (Å²) in [5, 5.41) is 5.88. The molecule has 1 heterocycles. The first-order valence-electron chi connectivity index (χ1n) is 8.13. The van der Waals surface area contributed by atoms with Crippen molar-refractivity contribution in [1.29, 1.82) is 0 Å². The molecule has 0 saturated carbocycles. The van der Waals surface area contributed by atoms with E-state index in [9.17, 15) is 4.79 Å². The lowest BCUT2D eigenvalue weighted by molar-refractivity contribution is -0.121. The van der Waals surface area contributed by atoms with Gasteiger partial charge in [-0.25, -0.2) is 4.98 Å². The summed E-state index contributed by atoms with van der Waals surface area (Å²) in [6, 6.07) is 8.11. The van der Waals surface area contributed by atoms with E-state index >= 15 is 0 Å². The number of rotatable bonds is 8.